The monoisotopic (exact) mass is 249 g/mol. The van der Waals surface area contributed by atoms with E-state index in [9.17, 15) is 9.90 Å². The highest BCUT2D eigenvalue weighted by molar-refractivity contribution is 5.96. The van der Waals surface area contributed by atoms with Crippen LogP contribution >= 0.6 is 0 Å². The normalized spacial score (nSPS) is 17.1. The van der Waals surface area contributed by atoms with Gasteiger partial charge in [-0.15, -0.1) is 0 Å². The summed E-state index contributed by atoms with van der Waals surface area (Å²) in [6, 6.07) is 5.43. The summed E-state index contributed by atoms with van der Waals surface area (Å²) in [5.41, 5.74) is 1.66. The van der Waals surface area contributed by atoms with Crippen LogP contribution in [0.4, 0.5) is 5.69 Å². The van der Waals surface area contributed by atoms with Gasteiger partial charge in [-0.1, -0.05) is 26.8 Å². The molecule has 0 bridgehead atoms. The van der Waals surface area contributed by atoms with Crippen molar-refractivity contribution in [2.75, 3.05) is 24.7 Å². The Hall–Kier alpha value is -1.55. The first-order chi connectivity index (χ1) is 8.39. The molecule has 4 heteroatoms. The average Bonchev–Trinajstić information content (AvgIpc) is 2.29. The van der Waals surface area contributed by atoms with Gasteiger partial charge in [0, 0.05) is 6.54 Å². The molecule has 2 rings (SSSR count). The molecule has 1 aliphatic rings. The summed E-state index contributed by atoms with van der Waals surface area (Å²) in [6.07, 6.45) is 0. The highest BCUT2D eigenvalue weighted by atomic mass is 16.5. The zero-order valence-electron chi connectivity index (χ0n) is 11.1. The van der Waals surface area contributed by atoms with Crippen molar-refractivity contribution in [1.29, 1.82) is 0 Å². The Bertz CT molecular complexity index is 463. The highest BCUT2D eigenvalue weighted by Crippen LogP contribution is 2.33. The first-order valence-corrected chi connectivity index (χ1v) is 6.11. The van der Waals surface area contributed by atoms with Crippen LogP contribution < -0.4 is 4.90 Å². The van der Waals surface area contributed by atoms with Crippen LogP contribution in [0.5, 0.6) is 5.75 Å². The largest absolute Gasteiger partial charge is 0.506 e. The van der Waals surface area contributed by atoms with E-state index in [1.807, 2.05) is 12.1 Å². The van der Waals surface area contributed by atoms with Crippen LogP contribution in [0.2, 0.25) is 0 Å². The summed E-state index contributed by atoms with van der Waals surface area (Å²) in [4.78, 5) is 13.4. The minimum Gasteiger partial charge on any atom is -0.506 e. The smallest absolute Gasteiger partial charge is 0.253 e. The second kappa shape index (κ2) is 4.61. The Morgan fingerprint density at radius 3 is 2.67 bits per heavy atom. The molecule has 18 heavy (non-hydrogen) atoms. The number of amides is 1. The molecule has 1 amide bonds. The van der Waals surface area contributed by atoms with Crippen LogP contribution in [-0.4, -0.2) is 30.8 Å². The SMILES string of the molecule is CC(C)(C)c1ccc(O)c(N2CCOCC2=O)c1. The standard InChI is InChI=1S/C14H19NO3/c1-14(2,3)10-4-5-12(16)11(8-10)15-6-7-18-9-13(15)17/h4-5,8,16H,6-7,9H2,1-3H3. The molecular formula is C14H19NO3. The molecule has 1 heterocycles. The van der Waals surface area contributed by atoms with E-state index < -0.39 is 0 Å². The van der Waals surface area contributed by atoms with Gasteiger partial charge in [-0.25, -0.2) is 0 Å². The number of rotatable bonds is 1. The Morgan fingerprint density at radius 1 is 1.33 bits per heavy atom. The van der Waals surface area contributed by atoms with Crippen LogP contribution in [0.25, 0.3) is 0 Å². The second-order valence-corrected chi connectivity index (χ2v) is 5.55. The summed E-state index contributed by atoms with van der Waals surface area (Å²) in [5.74, 6) is 0.0286. The molecule has 4 nitrogen and oxygen atoms in total. The van der Waals surface area contributed by atoms with Crippen LogP contribution in [-0.2, 0) is 14.9 Å². The zero-order chi connectivity index (χ0) is 13.3. The number of anilines is 1. The Morgan fingerprint density at radius 2 is 2.06 bits per heavy atom. The van der Waals surface area contributed by atoms with Crippen molar-refractivity contribution < 1.29 is 14.6 Å². The number of morpholine rings is 1. The van der Waals surface area contributed by atoms with E-state index in [1.54, 1.807) is 11.0 Å². The third kappa shape index (κ3) is 2.48. The van der Waals surface area contributed by atoms with Crippen molar-refractivity contribution >= 4 is 11.6 Å². The molecule has 1 saturated heterocycles. The van der Waals surface area contributed by atoms with E-state index in [2.05, 4.69) is 20.8 Å². The number of nitrogens with zero attached hydrogens (tertiary/aromatic N) is 1. The van der Waals surface area contributed by atoms with Crippen molar-refractivity contribution in [3.8, 4) is 5.75 Å². The summed E-state index contributed by atoms with van der Waals surface area (Å²) >= 11 is 0. The second-order valence-electron chi connectivity index (χ2n) is 5.55. The van der Waals surface area contributed by atoms with Crippen molar-refractivity contribution in [3.05, 3.63) is 23.8 Å². The lowest BCUT2D eigenvalue weighted by Crippen LogP contribution is -2.41. The summed E-state index contributed by atoms with van der Waals surface area (Å²) < 4.78 is 5.10. The number of hydrogen-bond acceptors (Lipinski definition) is 3. The van der Waals surface area contributed by atoms with Gasteiger partial charge >= 0.3 is 0 Å². The van der Waals surface area contributed by atoms with Gasteiger partial charge in [0.1, 0.15) is 12.4 Å². The minimum atomic E-state index is -0.109. The van der Waals surface area contributed by atoms with Gasteiger partial charge in [-0.3, -0.25) is 4.79 Å². The van der Waals surface area contributed by atoms with E-state index in [0.717, 1.165) is 5.56 Å². The van der Waals surface area contributed by atoms with Crippen LogP contribution in [0.15, 0.2) is 18.2 Å². The molecule has 1 aliphatic heterocycles. The van der Waals surface area contributed by atoms with Crippen molar-refractivity contribution in [3.63, 3.8) is 0 Å². The van der Waals surface area contributed by atoms with E-state index in [0.29, 0.717) is 18.8 Å². The summed E-state index contributed by atoms with van der Waals surface area (Å²) in [7, 11) is 0. The molecular weight excluding hydrogens is 230 g/mol. The number of carbonyl (C=O) groups is 1. The van der Waals surface area contributed by atoms with Crippen LogP contribution in [0, 0.1) is 0 Å². The Labute approximate surface area is 107 Å². The molecule has 98 valence electrons. The average molecular weight is 249 g/mol. The lowest BCUT2D eigenvalue weighted by atomic mass is 9.86. The number of phenolic OH excluding ortho intramolecular Hbond substituents is 1. The number of carbonyl (C=O) groups excluding carboxylic acids is 1. The molecule has 0 saturated carbocycles. The molecule has 0 atom stereocenters. The van der Waals surface area contributed by atoms with Crippen LogP contribution in [0.1, 0.15) is 26.3 Å². The Balaban J connectivity index is 2.40. The maximum atomic E-state index is 11.8. The first kappa shape index (κ1) is 12.9. The lowest BCUT2D eigenvalue weighted by Gasteiger charge is -2.29. The van der Waals surface area contributed by atoms with Gasteiger partial charge in [0.25, 0.3) is 5.91 Å². The fourth-order valence-corrected chi connectivity index (χ4v) is 1.98. The van der Waals surface area contributed by atoms with Gasteiger partial charge < -0.3 is 14.7 Å². The molecule has 0 spiro atoms. The van der Waals surface area contributed by atoms with Gasteiger partial charge in [0.05, 0.1) is 12.3 Å². The van der Waals surface area contributed by atoms with Gasteiger partial charge in [-0.05, 0) is 23.1 Å². The third-order valence-corrected chi connectivity index (χ3v) is 3.12. The van der Waals surface area contributed by atoms with E-state index in [-0.39, 0.29) is 23.7 Å². The fourth-order valence-electron chi connectivity index (χ4n) is 1.98. The molecule has 1 aromatic carbocycles. The summed E-state index contributed by atoms with van der Waals surface area (Å²) in [6.45, 7) is 7.38. The fraction of sp³-hybridized carbons (Fsp3) is 0.500. The topological polar surface area (TPSA) is 49.8 Å². The molecule has 0 unspecified atom stereocenters. The van der Waals surface area contributed by atoms with E-state index >= 15 is 0 Å². The predicted molar refractivity (Wildman–Crippen MR) is 70.0 cm³/mol. The minimum absolute atomic E-state index is 0.0161. The maximum absolute atomic E-state index is 11.8. The maximum Gasteiger partial charge on any atom is 0.253 e. The summed E-state index contributed by atoms with van der Waals surface area (Å²) in [5, 5.41) is 9.94. The Kier molecular flexibility index (Phi) is 3.30. The van der Waals surface area contributed by atoms with Crippen molar-refractivity contribution in [2.45, 2.75) is 26.2 Å². The number of hydrogen-bond donors (Lipinski definition) is 1. The molecule has 1 aromatic rings. The number of aromatic hydroxyl groups is 1. The van der Waals surface area contributed by atoms with E-state index in [4.69, 9.17) is 4.74 Å². The quantitative estimate of drug-likeness (QED) is 0.828. The van der Waals surface area contributed by atoms with E-state index in [1.165, 1.54) is 0 Å². The lowest BCUT2D eigenvalue weighted by molar-refractivity contribution is -0.125. The third-order valence-electron chi connectivity index (χ3n) is 3.12. The number of benzene rings is 1. The molecule has 0 aromatic heterocycles. The number of phenols is 1. The van der Waals surface area contributed by atoms with Crippen molar-refractivity contribution in [1.82, 2.24) is 0 Å². The molecule has 0 radical (unpaired) electrons. The predicted octanol–water partition coefficient (Wildman–Crippen LogP) is 2.05. The van der Waals surface area contributed by atoms with Crippen molar-refractivity contribution in [2.24, 2.45) is 0 Å². The van der Waals surface area contributed by atoms with Crippen LogP contribution in [0.3, 0.4) is 0 Å². The molecule has 1 fully saturated rings. The first-order valence-electron chi connectivity index (χ1n) is 6.11. The molecule has 0 aliphatic carbocycles. The van der Waals surface area contributed by atoms with Gasteiger partial charge in [0.2, 0.25) is 0 Å². The van der Waals surface area contributed by atoms with Gasteiger partial charge in [0.15, 0.2) is 0 Å². The highest BCUT2D eigenvalue weighted by Gasteiger charge is 2.24. The zero-order valence-corrected chi connectivity index (χ0v) is 11.1. The van der Waals surface area contributed by atoms with Gasteiger partial charge in [-0.2, -0.15) is 0 Å². The number of ether oxygens (including phenoxy) is 1. The molecule has 1 N–H and O–H groups in total.